The highest BCUT2D eigenvalue weighted by atomic mass is 32.2. The average molecular weight is 442 g/mol. The number of ether oxygens (including phenoxy) is 1. The third kappa shape index (κ3) is 4.79. The van der Waals surface area contributed by atoms with E-state index in [2.05, 4.69) is 0 Å². The monoisotopic (exact) mass is 441 g/mol. The molecule has 2 N–H and O–H groups in total. The lowest BCUT2D eigenvalue weighted by Gasteiger charge is -2.34. The first-order valence-electron chi connectivity index (χ1n) is 10.4. The topological polar surface area (TPSA) is 86.5 Å². The maximum atomic E-state index is 13.2. The van der Waals surface area contributed by atoms with Crippen molar-refractivity contribution in [3.8, 4) is 0 Å². The molecular formula is C24H29N2O4S+. The van der Waals surface area contributed by atoms with Crippen molar-refractivity contribution in [2.24, 2.45) is 5.73 Å². The minimum atomic E-state index is -3.49. The van der Waals surface area contributed by atoms with Gasteiger partial charge in [-0.1, -0.05) is 30.3 Å². The van der Waals surface area contributed by atoms with Crippen molar-refractivity contribution in [2.75, 3.05) is 25.4 Å². The van der Waals surface area contributed by atoms with E-state index < -0.39 is 10.0 Å². The van der Waals surface area contributed by atoms with E-state index in [-0.39, 0.29) is 22.2 Å². The number of carbonyl (C=O) groups is 1. The summed E-state index contributed by atoms with van der Waals surface area (Å²) in [4.78, 5) is 11.8. The Kier molecular flexibility index (Phi) is 7.10. The molecule has 6 nitrogen and oxygen atoms in total. The molecule has 164 valence electrons. The van der Waals surface area contributed by atoms with Gasteiger partial charge in [-0.3, -0.25) is 0 Å². The number of sulfonamides is 1. The zero-order valence-corrected chi connectivity index (χ0v) is 18.8. The summed E-state index contributed by atoms with van der Waals surface area (Å²) in [6, 6.07) is 14.9. The molecule has 0 spiro atoms. The molecule has 31 heavy (non-hydrogen) atoms. The van der Waals surface area contributed by atoms with Crippen LogP contribution in [0.3, 0.4) is 0 Å². The molecule has 1 heterocycles. The number of carbonyl (C=O) groups excluding carboxylic acids is 1. The fourth-order valence-corrected chi connectivity index (χ4v) is 5.23. The third-order valence-electron chi connectivity index (χ3n) is 5.40. The number of hydrogen-bond donors (Lipinski definition) is 1. The van der Waals surface area contributed by atoms with E-state index in [0.29, 0.717) is 30.8 Å². The summed E-state index contributed by atoms with van der Waals surface area (Å²) in [7, 11) is -3.49. The van der Waals surface area contributed by atoms with Crippen LogP contribution < -0.4 is 9.62 Å². The van der Waals surface area contributed by atoms with Crippen molar-refractivity contribution < 1.29 is 17.9 Å². The fourth-order valence-electron chi connectivity index (χ4n) is 3.72. The van der Waals surface area contributed by atoms with Crippen molar-refractivity contribution in [3.63, 3.8) is 0 Å². The molecule has 0 bridgehead atoms. The third-order valence-corrected chi connectivity index (χ3v) is 7.59. The first-order chi connectivity index (χ1) is 14.8. The zero-order chi connectivity index (χ0) is 22.5. The predicted molar refractivity (Wildman–Crippen MR) is 124 cm³/mol. The van der Waals surface area contributed by atoms with Crippen LogP contribution in [0.1, 0.15) is 35.3 Å². The van der Waals surface area contributed by atoms with Crippen LogP contribution in [0.2, 0.25) is 0 Å². The lowest BCUT2D eigenvalue weighted by molar-refractivity contribution is 0.0526. The highest BCUT2D eigenvalue weighted by molar-refractivity contribution is 7.91. The second kappa shape index (κ2) is 9.60. The van der Waals surface area contributed by atoms with Gasteiger partial charge >= 0.3 is 16.0 Å². The van der Waals surface area contributed by atoms with Crippen LogP contribution in [0.4, 0.5) is 5.69 Å². The van der Waals surface area contributed by atoms with Crippen molar-refractivity contribution >= 4 is 21.7 Å². The number of esters is 1. The van der Waals surface area contributed by atoms with E-state index in [9.17, 15) is 13.2 Å². The Labute approximate surface area is 184 Å². The van der Waals surface area contributed by atoms with Crippen LogP contribution in [-0.2, 0) is 21.2 Å². The Bertz CT molecular complexity index is 1100. The molecule has 1 unspecified atom stereocenters. The van der Waals surface area contributed by atoms with Gasteiger partial charge < -0.3 is 10.5 Å². The average Bonchev–Trinajstić information content (AvgIpc) is 2.79. The van der Waals surface area contributed by atoms with E-state index in [1.54, 1.807) is 32.2 Å². The van der Waals surface area contributed by atoms with E-state index in [1.165, 1.54) is 0 Å². The standard InChI is InChI=1S/C24H29N2O4S/c1-3-30-24(27)22-12-10-19(11-13-22)15-20-7-5-9-23(16-20)26(31(28,29)4-2)14-6-8-21(17-25)18-26/h5-13,16,18H,3-4,14-15,17,25H2,1-2H3/q+1. The van der Waals surface area contributed by atoms with Crippen molar-refractivity contribution in [1.29, 1.82) is 0 Å². The molecular weight excluding hydrogens is 412 g/mol. The summed E-state index contributed by atoms with van der Waals surface area (Å²) < 4.78 is 31.1. The molecule has 2 aromatic carbocycles. The molecule has 0 aromatic heterocycles. The number of rotatable bonds is 8. The molecule has 3 rings (SSSR count). The lowest BCUT2D eigenvalue weighted by Crippen LogP contribution is -2.51. The van der Waals surface area contributed by atoms with E-state index >= 15 is 0 Å². The first-order valence-corrected chi connectivity index (χ1v) is 12.0. The Morgan fingerprint density at radius 2 is 1.84 bits per heavy atom. The Morgan fingerprint density at radius 1 is 1.10 bits per heavy atom. The van der Waals surface area contributed by atoms with Gasteiger partial charge in [-0.25, -0.2) is 4.79 Å². The molecule has 0 radical (unpaired) electrons. The predicted octanol–water partition coefficient (Wildman–Crippen LogP) is 3.52. The number of hydrogen-bond acceptors (Lipinski definition) is 5. The fraction of sp³-hybridized carbons (Fsp3) is 0.292. The second-order valence-electron chi connectivity index (χ2n) is 7.42. The number of nitrogens with zero attached hydrogens (tertiary/aromatic N) is 1. The molecule has 0 saturated carbocycles. The summed E-state index contributed by atoms with van der Waals surface area (Å²) in [5, 5.41) is 0. The van der Waals surface area contributed by atoms with Crippen LogP contribution >= 0.6 is 0 Å². The molecule has 7 heteroatoms. The molecule has 0 aliphatic carbocycles. The van der Waals surface area contributed by atoms with Crippen LogP contribution in [0, 0.1) is 0 Å². The normalized spacial score (nSPS) is 18.5. The Morgan fingerprint density at radius 3 is 2.48 bits per heavy atom. The van der Waals surface area contributed by atoms with Crippen molar-refractivity contribution in [1.82, 2.24) is 3.89 Å². The molecule has 1 aliphatic heterocycles. The molecule has 0 saturated heterocycles. The van der Waals surface area contributed by atoms with Gasteiger partial charge in [0, 0.05) is 24.3 Å². The quantitative estimate of drug-likeness (QED) is 0.500. The molecule has 1 atom stereocenters. The van der Waals surface area contributed by atoms with Gasteiger partial charge in [-0.05, 0) is 49.6 Å². The van der Waals surface area contributed by atoms with Gasteiger partial charge in [0.25, 0.3) is 0 Å². The Balaban J connectivity index is 1.94. The van der Waals surface area contributed by atoms with Gasteiger partial charge in [-0.2, -0.15) is 12.3 Å². The van der Waals surface area contributed by atoms with Gasteiger partial charge in [0.2, 0.25) is 0 Å². The van der Waals surface area contributed by atoms with Crippen molar-refractivity contribution in [2.45, 2.75) is 20.3 Å². The summed E-state index contributed by atoms with van der Waals surface area (Å²) in [5.41, 5.74) is 9.82. The number of nitrogens with two attached hydrogens (primary N) is 1. The lowest BCUT2D eigenvalue weighted by atomic mass is 10.0. The molecule has 0 fully saturated rings. The summed E-state index contributed by atoms with van der Waals surface area (Å²) >= 11 is 0. The van der Waals surface area contributed by atoms with Gasteiger partial charge in [0.1, 0.15) is 12.7 Å². The van der Waals surface area contributed by atoms with Crippen LogP contribution in [-0.4, -0.2) is 39.8 Å². The largest absolute Gasteiger partial charge is 0.462 e. The highest BCUT2D eigenvalue weighted by Crippen LogP contribution is 2.33. The maximum absolute atomic E-state index is 13.2. The minimum Gasteiger partial charge on any atom is -0.462 e. The number of benzene rings is 2. The van der Waals surface area contributed by atoms with Gasteiger partial charge in [0.15, 0.2) is 5.69 Å². The summed E-state index contributed by atoms with van der Waals surface area (Å²) in [5.74, 6) is -0.317. The van der Waals surface area contributed by atoms with E-state index in [0.717, 1.165) is 16.7 Å². The molecule has 2 aromatic rings. The van der Waals surface area contributed by atoms with Gasteiger partial charge in [0.05, 0.1) is 17.9 Å². The zero-order valence-electron chi connectivity index (χ0n) is 18.0. The Hall–Kier alpha value is -2.74. The van der Waals surface area contributed by atoms with E-state index in [4.69, 9.17) is 10.5 Å². The van der Waals surface area contributed by atoms with Gasteiger partial charge in [-0.15, -0.1) is 0 Å². The second-order valence-corrected chi connectivity index (χ2v) is 9.82. The maximum Gasteiger partial charge on any atom is 0.338 e. The highest BCUT2D eigenvalue weighted by Gasteiger charge is 2.42. The van der Waals surface area contributed by atoms with E-state index in [1.807, 2.05) is 48.6 Å². The van der Waals surface area contributed by atoms with Crippen LogP contribution in [0.5, 0.6) is 0 Å². The SMILES string of the molecule is CCOC(=O)c1ccc(Cc2cccc([N+]3(S(=O)(=O)CC)C=C(CN)C=CC3)c2)cc1. The van der Waals surface area contributed by atoms with Crippen LogP contribution in [0.25, 0.3) is 0 Å². The minimum absolute atomic E-state index is 0.0226. The molecule has 1 aliphatic rings. The van der Waals surface area contributed by atoms with Crippen molar-refractivity contribution in [3.05, 3.63) is 89.1 Å². The molecule has 0 amide bonds. The number of quaternary nitrogens is 1. The summed E-state index contributed by atoms with van der Waals surface area (Å²) in [6.45, 7) is 4.39. The van der Waals surface area contributed by atoms with Crippen LogP contribution in [0.15, 0.2) is 72.5 Å². The first kappa shape index (κ1) is 22.9. The summed E-state index contributed by atoms with van der Waals surface area (Å²) in [6.07, 6.45) is 6.13. The smallest absolute Gasteiger partial charge is 0.338 e.